The highest BCUT2D eigenvalue weighted by molar-refractivity contribution is 14.1. The van der Waals surface area contributed by atoms with Gasteiger partial charge in [-0.05, 0) is 46.9 Å². The summed E-state index contributed by atoms with van der Waals surface area (Å²) >= 11 is 2.10. The maximum absolute atomic E-state index is 11.8. The van der Waals surface area contributed by atoms with Crippen molar-refractivity contribution in [2.24, 2.45) is 0 Å². The number of esters is 1. The van der Waals surface area contributed by atoms with E-state index in [-0.39, 0.29) is 5.97 Å². The second-order valence-corrected chi connectivity index (χ2v) is 4.22. The number of ether oxygens (including phenoxy) is 1. The van der Waals surface area contributed by atoms with Crippen LogP contribution in [0.25, 0.3) is 0 Å². The molecule has 0 fully saturated rings. The summed E-state index contributed by atoms with van der Waals surface area (Å²) in [5, 5.41) is 0. The van der Waals surface area contributed by atoms with Crippen LogP contribution in [0.4, 0.5) is 0 Å². The molecule has 0 amide bonds. The van der Waals surface area contributed by atoms with Crippen LogP contribution in [0.3, 0.4) is 0 Å². The Kier molecular flexibility index (Phi) is 3.51. The van der Waals surface area contributed by atoms with E-state index in [0.717, 1.165) is 3.57 Å². The molecule has 4 heteroatoms. The third-order valence-electron chi connectivity index (χ3n) is 1.94. The Morgan fingerprint density at radius 2 is 2.00 bits per heavy atom. The van der Waals surface area contributed by atoms with E-state index in [9.17, 15) is 4.79 Å². The molecule has 0 saturated heterocycles. The van der Waals surface area contributed by atoms with Crippen LogP contribution in [0.2, 0.25) is 0 Å². The fourth-order valence-electron chi connectivity index (χ4n) is 1.20. The van der Waals surface area contributed by atoms with E-state index in [1.165, 1.54) is 6.20 Å². The standard InChI is InChI=1S/C12H8INO2/c13-11-6-2-1-5-10(11)12(15)16-9-4-3-7-14-8-9/h1-8H. The summed E-state index contributed by atoms with van der Waals surface area (Å²) in [5.41, 5.74) is 0.562. The monoisotopic (exact) mass is 325 g/mol. The van der Waals surface area contributed by atoms with Crippen molar-refractivity contribution in [3.05, 3.63) is 57.9 Å². The SMILES string of the molecule is O=C(Oc1cccnc1)c1ccccc1I. The summed E-state index contributed by atoms with van der Waals surface area (Å²) in [6, 6.07) is 10.7. The molecule has 3 nitrogen and oxygen atoms in total. The van der Waals surface area contributed by atoms with Gasteiger partial charge in [0.25, 0.3) is 0 Å². The summed E-state index contributed by atoms with van der Waals surface area (Å²) in [4.78, 5) is 15.7. The predicted octanol–water partition coefficient (Wildman–Crippen LogP) is 2.91. The van der Waals surface area contributed by atoms with Gasteiger partial charge in [0.15, 0.2) is 0 Å². The summed E-state index contributed by atoms with van der Waals surface area (Å²) in [6.45, 7) is 0. The summed E-state index contributed by atoms with van der Waals surface area (Å²) in [6.07, 6.45) is 3.14. The zero-order valence-electron chi connectivity index (χ0n) is 8.26. The number of benzene rings is 1. The highest BCUT2D eigenvalue weighted by Gasteiger charge is 2.11. The van der Waals surface area contributed by atoms with Crippen molar-refractivity contribution in [3.8, 4) is 5.75 Å². The lowest BCUT2D eigenvalue weighted by molar-refractivity contribution is 0.0733. The van der Waals surface area contributed by atoms with Gasteiger partial charge in [0.1, 0.15) is 5.75 Å². The number of hydrogen-bond donors (Lipinski definition) is 0. The molecular formula is C12H8INO2. The molecule has 0 aliphatic heterocycles. The zero-order chi connectivity index (χ0) is 11.4. The molecular weight excluding hydrogens is 317 g/mol. The molecule has 0 saturated carbocycles. The van der Waals surface area contributed by atoms with Crippen LogP contribution >= 0.6 is 22.6 Å². The van der Waals surface area contributed by atoms with Crippen molar-refractivity contribution in [3.63, 3.8) is 0 Å². The normalized spacial score (nSPS) is 9.81. The van der Waals surface area contributed by atoms with E-state index in [1.807, 2.05) is 18.2 Å². The van der Waals surface area contributed by atoms with Gasteiger partial charge in [0.2, 0.25) is 0 Å². The molecule has 0 aliphatic rings. The Labute approximate surface area is 107 Å². The van der Waals surface area contributed by atoms with Gasteiger partial charge in [-0.1, -0.05) is 12.1 Å². The molecule has 0 aliphatic carbocycles. The van der Waals surface area contributed by atoms with Gasteiger partial charge in [-0.25, -0.2) is 4.79 Å². The van der Waals surface area contributed by atoms with Crippen molar-refractivity contribution in [2.45, 2.75) is 0 Å². The van der Waals surface area contributed by atoms with Crippen molar-refractivity contribution in [1.29, 1.82) is 0 Å². The van der Waals surface area contributed by atoms with Crippen molar-refractivity contribution >= 4 is 28.6 Å². The molecule has 0 N–H and O–H groups in total. The quantitative estimate of drug-likeness (QED) is 0.630. The van der Waals surface area contributed by atoms with E-state index in [4.69, 9.17) is 4.74 Å². The number of aromatic nitrogens is 1. The van der Waals surface area contributed by atoms with Gasteiger partial charge in [-0.2, -0.15) is 0 Å². The second-order valence-electron chi connectivity index (χ2n) is 3.06. The Morgan fingerprint density at radius 3 is 2.69 bits per heavy atom. The minimum atomic E-state index is -0.363. The number of pyridine rings is 1. The molecule has 1 aromatic carbocycles. The lowest BCUT2D eigenvalue weighted by Crippen LogP contribution is -2.10. The van der Waals surface area contributed by atoms with Crippen LogP contribution in [0, 0.1) is 3.57 Å². The lowest BCUT2D eigenvalue weighted by atomic mass is 10.2. The Morgan fingerprint density at radius 1 is 1.19 bits per heavy atom. The molecule has 0 unspecified atom stereocenters. The Hall–Kier alpha value is -1.43. The Bertz CT molecular complexity index is 499. The number of rotatable bonds is 2. The van der Waals surface area contributed by atoms with Gasteiger partial charge in [0.05, 0.1) is 11.8 Å². The highest BCUT2D eigenvalue weighted by Crippen LogP contribution is 2.15. The molecule has 0 spiro atoms. The van der Waals surface area contributed by atoms with Gasteiger partial charge >= 0.3 is 5.97 Å². The smallest absolute Gasteiger partial charge is 0.344 e. The Balaban J connectivity index is 2.19. The van der Waals surface area contributed by atoms with Crippen LogP contribution in [0.1, 0.15) is 10.4 Å². The number of carbonyl (C=O) groups is 1. The van der Waals surface area contributed by atoms with Crippen LogP contribution in [0.15, 0.2) is 48.8 Å². The number of nitrogens with zero attached hydrogens (tertiary/aromatic N) is 1. The third kappa shape index (κ3) is 2.57. The third-order valence-corrected chi connectivity index (χ3v) is 2.88. The molecule has 2 aromatic rings. The molecule has 0 radical (unpaired) electrons. The number of halogens is 1. The van der Waals surface area contributed by atoms with E-state index in [2.05, 4.69) is 27.6 Å². The first-order valence-electron chi connectivity index (χ1n) is 4.64. The average Bonchev–Trinajstić information content (AvgIpc) is 2.31. The summed E-state index contributed by atoms with van der Waals surface area (Å²) < 4.78 is 6.04. The molecule has 80 valence electrons. The first-order chi connectivity index (χ1) is 7.77. The fraction of sp³-hybridized carbons (Fsp3) is 0. The minimum Gasteiger partial charge on any atom is -0.421 e. The van der Waals surface area contributed by atoms with Crippen molar-refractivity contribution < 1.29 is 9.53 Å². The van der Waals surface area contributed by atoms with Gasteiger partial charge in [0, 0.05) is 9.77 Å². The minimum absolute atomic E-state index is 0.363. The molecule has 0 bridgehead atoms. The maximum Gasteiger partial charge on any atom is 0.344 e. The van der Waals surface area contributed by atoms with Gasteiger partial charge in [-0.15, -0.1) is 0 Å². The number of carbonyl (C=O) groups excluding carboxylic acids is 1. The van der Waals surface area contributed by atoms with Gasteiger partial charge in [-0.3, -0.25) is 4.98 Å². The molecule has 0 atom stereocenters. The predicted molar refractivity (Wildman–Crippen MR) is 68.4 cm³/mol. The van der Waals surface area contributed by atoms with Crippen LogP contribution in [-0.4, -0.2) is 11.0 Å². The van der Waals surface area contributed by atoms with Gasteiger partial charge < -0.3 is 4.74 Å². The van der Waals surface area contributed by atoms with Crippen LogP contribution < -0.4 is 4.74 Å². The van der Waals surface area contributed by atoms with E-state index < -0.39 is 0 Å². The van der Waals surface area contributed by atoms with E-state index >= 15 is 0 Å². The van der Waals surface area contributed by atoms with E-state index in [1.54, 1.807) is 24.4 Å². The van der Waals surface area contributed by atoms with Crippen LogP contribution in [0.5, 0.6) is 5.75 Å². The molecule has 1 aromatic heterocycles. The summed E-state index contributed by atoms with van der Waals surface area (Å²) in [7, 11) is 0. The molecule has 16 heavy (non-hydrogen) atoms. The molecule has 1 heterocycles. The fourth-order valence-corrected chi connectivity index (χ4v) is 1.80. The number of hydrogen-bond acceptors (Lipinski definition) is 3. The zero-order valence-corrected chi connectivity index (χ0v) is 10.4. The molecule has 2 rings (SSSR count). The second kappa shape index (κ2) is 5.07. The first-order valence-corrected chi connectivity index (χ1v) is 5.72. The van der Waals surface area contributed by atoms with E-state index in [0.29, 0.717) is 11.3 Å². The first kappa shape index (κ1) is 11.1. The van der Waals surface area contributed by atoms with Crippen LogP contribution in [-0.2, 0) is 0 Å². The average molecular weight is 325 g/mol. The topological polar surface area (TPSA) is 39.2 Å². The summed E-state index contributed by atoms with van der Waals surface area (Å²) in [5.74, 6) is 0.0881. The largest absolute Gasteiger partial charge is 0.421 e. The lowest BCUT2D eigenvalue weighted by Gasteiger charge is -2.04. The van der Waals surface area contributed by atoms with Crippen molar-refractivity contribution in [2.75, 3.05) is 0 Å². The highest BCUT2D eigenvalue weighted by atomic mass is 127. The van der Waals surface area contributed by atoms with Crippen molar-refractivity contribution in [1.82, 2.24) is 4.98 Å². The maximum atomic E-state index is 11.8.